The number of anilines is 10. The highest BCUT2D eigenvalue weighted by atomic mass is 15.4. The van der Waals surface area contributed by atoms with Crippen LogP contribution in [0.5, 0.6) is 0 Å². The molecule has 0 spiro atoms. The summed E-state index contributed by atoms with van der Waals surface area (Å²) in [6, 6.07) is 64.7. The molecular formula is C68H67N5. The number of nitrogens with zero attached hydrogens (tertiary/aromatic N) is 5. The number of aromatic nitrogens is 1. The van der Waals surface area contributed by atoms with Gasteiger partial charge in [-0.2, -0.15) is 0 Å². The van der Waals surface area contributed by atoms with E-state index in [1.807, 2.05) is 17.2 Å². The molecule has 0 fully saturated rings. The van der Waals surface area contributed by atoms with Crippen molar-refractivity contribution < 1.29 is 8.22 Å². The van der Waals surface area contributed by atoms with E-state index >= 15 is 0 Å². The Hall–Kier alpha value is -7.89. The van der Waals surface area contributed by atoms with Gasteiger partial charge < -0.3 is 14.7 Å². The number of para-hydroxylation sites is 2. The van der Waals surface area contributed by atoms with Gasteiger partial charge in [0.25, 0.3) is 0 Å². The summed E-state index contributed by atoms with van der Waals surface area (Å²) in [5, 5.41) is 0. The maximum Gasteiger partial charge on any atom is 0.137 e. The van der Waals surface area contributed by atoms with Crippen molar-refractivity contribution in [2.24, 2.45) is 0 Å². The van der Waals surface area contributed by atoms with Crippen LogP contribution in [0.3, 0.4) is 0 Å². The SMILES string of the molecule is [2H]C([2H])([2H])c1cc(N(c2cc(N3CN(c4ccc(C(C)(C)C)cc4)c4ccccc43)cc(C(C)(C)C)c2)c2ccc3c(c2)N(c2cc(C(C)(C)C)ccn2)c2ccc(-c4ccccc4)cc2-c2ccccc2-3)cc(C([2H])([2H])[2H])c1. The van der Waals surface area contributed by atoms with E-state index < -0.39 is 13.7 Å². The number of benzene rings is 8. The Kier molecular flexibility index (Phi) is 10.0. The van der Waals surface area contributed by atoms with Crippen LogP contribution in [0.1, 0.15) is 98.4 Å². The van der Waals surface area contributed by atoms with Crippen molar-refractivity contribution in [3.05, 3.63) is 222 Å². The molecule has 11 rings (SSSR count). The molecule has 0 N–H and O–H groups in total. The first-order valence-corrected chi connectivity index (χ1v) is 25.4. The second kappa shape index (κ2) is 18.0. The van der Waals surface area contributed by atoms with Gasteiger partial charge >= 0.3 is 0 Å². The van der Waals surface area contributed by atoms with E-state index in [1.165, 1.54) is 11.6 Å². The number of pyridine rings is 1. The van der Waals surface area contributed by atoms with Gasteiger partial charge in [-0.05, 0) is 171 Å². The molecule has 5 nitrogen and oxygen atoms in total. The topological polar surface area (TPSA) is 25.9 Å². The summed E-state index contributed by atoms with van der Waals surface area (Å²) in [6.07, 6.45) is 1.89. The molecule has 0 amide bonds. The molecule has 3 heterocycles. The highest BCUT2D eigenvalue weighted by molar-refractivity contribution is 6.04. The van der Waals surface area contributed by atoms with Crippen molar-refractivity contribution in [1.29, 1.82) is 0 Å². The molecule has 1 aromatic heterocycles. The first-order chi connectivity index (χ1) is 37.3. The zero-order valence-corrected chi connectivity index (χ0v) is 43.4. The van der Waals surface area contributed by atoms with Crippen molar-refractivity contribution in [3.63, 3.8) is 0 Å². The third kappa shape index (κ3) is 8.96. The van der Waals surface area contributed by atoms with E-state index in [2.05, 4.69) is 241 Å². The van der Waals surface area contributed by atoms with Gasteiger partial charge in [-0.1, -0.05) is 159 Å². The molecule has 0 unspecified atom stereocenters. The quantitative estimate of drug-likeness (QED) is 0.159. The molecule has 73 heavy (non-hydrogen) atoms. The Morgan fingerprint density at radius 3 is 1.68 bits per heavy atom. The minimum absolute atomic E-state index is 0.00176. The van der Waals surface area contributed by atoms with Gasteiger partial charge in [0, 0.05) is 54.0 Å². The van der Waals surface area contributed by atoms with Gasteiger partial charge in [-0.3, -0.25) is 4.90 Å². The lowest BCUT2D eigenvalue weighted by Crippen LogP contribution is -2.25. The predicted molar refractivity (Wildman–Crippen MR) is 311 cm³/mol. The lowest BCUT2D eigenvalue weighted by molar-refractivity contribution is 0.589. The molecule has 0 saturated carbocycles. The Bertz CT molecular complexity index is 3740. The minimum Gasteiger partial charge on any atom is -0.321 e. The second-order valence-corrected chi connectivity index (χ2v) is 22.7. The Labute approximate surface area is 442 Å². The van der Waals surface area contributed by atoms with Gasteiger partial charge in [0.2, 0.25) is 0 Å². The molecule has 364 valence electrons. The van der Waals surface area contributed by atoms with Crippen LogP contribution in [0.25, 0.3) is 33.4 Å². The standard InChI is InChI=1S/C68H67N5/c1-45-35-46(2)37-55(36-45)72(56-40-51(68(9,10)11)39-54(42-56)71-44-70(62-23-17-18-24-63(62)71)52-28-26-49(27-29-52)66(3,4)5)53-30-31-59-57-21-15-16-22-58(57)60-38-48(47-19-13-12-14-20-47)25-32-61(60)73(64(59)43-53)65-41-50(33-34-69-65)67(6,7)8/h12-43H,44H2,1-11H3/i1D3,2D3. The Balaban J connectivity index is 1.18. The van der Waals surface area contributed by atoms with E-state index in [9.17, 15) is 0 Å². The van der Waals surface area contributed by atoms with Crippen molar-refractivity contribution >= 4 is 57.0 Å². The van der Waals surface area contributed by atoms with Crippen LogP contribution < -0.4 is 19.6 Å². The summed E-state index contributed by atoms with van der Waals surface area (Å²) in [4.78, 5) is 14.1. The molecule has 0 bridgehead atoms. The average Bonchev–Trinajstić information content (AvgIpc) is 4.02. The predicted octanol–water partition coefficient (Wildman–Crippen LogP) is 19.1. The van der Waals surface area contributed by atoms with Crippen LogP contribution in [-0.4, -0.2) is 11.7 Å². The Morgan fingerprint density at radius 1 is 0.411 bits per heavy atom. The number of hydrogen-bond donors (Lipinski definition) is 0. The molecule has 0 aliphatic carbocycles. The van der Waals surface area contributed by atoms with Crippen molar-refractivity contribution in [1.82, 2.24) is 4.98 Å². The molecule has 8 aromatic carbocycles. The average molecular weight is 960 g/mol. The first-order valence-electron chi connectivity index (χ1n) is 28.4. The largest absolute Gasteiger partial charge is 0.321 e. The number of hydrogen-bond acceptors (Lipinski definition) is 5. The van der Waals surface area contributed by atoms with Gasteiger partial charge in [0.05, 0.1) is 22.7 Å². The van der Waals surface area contributed by atoms with Gasteiger partial charge in [-0.25, -0.2) is 4.98 Å². The normalized spacial score (nSPS) is 14.8. The summed E-state index contributed by atoms with van der Waals surface area (Å²) >= 11 is 0. The van der Waals surface area contributed by atoms with Crippen LogP contribution in [-0.2, 0) is 16.2 Å². The van der Waals surface area contributed by atoms with Crippen molar-refractivity contribution in [3.8, 4) is 33.4 Å². The fraction of sp³-hybridized carbons (Fsp3) is 0.221. The third-order valence-electron chi connectivity index (χ3n) is 14.5. The van der Waals surface area contributed by atoms with Crippen LogP contribution in [0.15, 0.2) is 194 Å². The minimum atomic E-state index is -2.62. The second-order valence-electron chi connectivity index (χ2n) is 22.7. The highest BCUT2D eigenvalue weighted by Crippen LogP contribution is 2.54. The summed E-state index contributed by atoms with van der Waals surface area (Å²) in [5.74, 6) is 0.732. The molecule has 0 radical (unpaired) electrons. The van der Waals surface area contributed by atoms with E-state index in [-0.39, 0.29) is 27.4 Å². The molecule has 2 aliphatic heterocycles. The molecule has 0 atom stereocenters. The van der Waals surface area contributed by atoms with E-state index in [0.29, 0.717) is 18.0 Å². The van der Waals surface area contributed by atoms with E-state index in [4.69, 9.17) is 13.2 Å². The number of fused-ring (bicyclic) bond motifs is 6. The van der Waals surface area contributed by atoms with E-state index in [1.54, 1.807) is 12.1 Å². The monoisotopic (exact) mass is 960 g/mol. The van der Waals surface area contributed by atoms with Crippen molar-refractivity contribution in [2.75, 3.05) is 26.3 Å². The maximum atomic E-state index is 8.73. The fourth-order valence-electron chi connectivity index (χ4n) is 10.5. The zero-order chi connectivity index (χ0) is 56.0. The van der Waals surface area contributed by atoms with Crippen LogP contribution in [0.2, 0.25) is 0 Å². The van der Waals surface area contributed by atoms with Crippen LogP contribution in [0, 0.1) is 13.7 Å². The molecular weight excluding hydrogens is 887 g/mol. The third-order valence-corrected chi connectivity index (χ3v) is 14.5. The smallest absolute Gasteiger partial charge is 0.137 e. The van der Waals surface area contributed by atoms with Gasteiger partial charge in [0.1, 0.15) is 12.5 Å². The molecule has 9 aromatic rings. The number of aryl methyl sites for hydroxylation is 2. The first kappa shape index (κ1) is 40.7. The summed E-state index contributed by atoms with van der Waals surface area (Å²) < 4.78 is 52.4. The van der Waals surface area contributed by atoms with Gasteiger partial charge in [-0.15, -0.1) is 0 Å². The lowest BCUT2D eigenvalue weighted by Gasteiger charge is -2.33. The number of rotatable bonds is 7. The summed E-state index contributed by atoms with van der Waals surface area (Å²) in [5.41, 5.74) is 16.7. The Morgan fingerprint density at radius 2 is 1.03 bits per heavy atom. The van der Waals surface area contributed by atoms with Crippen LogP contribution >= 0.6 is 0 Å². The summed E-state index contributed by atoms with van der Waals surface area (Å²) in [6.45, 7) is 15.2. The van der Waals surface area contributed by atoms with E-state index in [0.717, 1.165) is 90.1 Å². The van der Waals surface area contributed by atoms with Crippen LogP contribution in [0.4, 0.5) is 57.0 Å². The molecule has 5 heteroatoms. The van der Waals surface area contributed by atoms with Crippen molar-refractivity contribution in [2.45, 2.75) is 92.3 Å². The summed E-state index contributed by atoms with van der Waals surface area (Å²) in [7, 11) is 0. The molecule has 0 saturated heterocycles. The lowest BCUT2D eigenvalue weighted by atomic mass is 9.86. The maximum absolute atomic E-state index is 8.73. The highest BCUT2D eigenvalue weighted by Gasteiger charge is 2.33. The fourth-order valence-corrected chi connectivity index (χ4v) is 10.5. The zero-order valence-electron chi connectivity index (χ0n) is 49.4. The molecule has 2 aliphatic rings. The van der Waals surface area contributed by atoms with Gasteiger partial charge in [0.15, 0.2) is 0 Å².